The monoisotopic (exact) mass is 379 g/mol. The van der Waals surface area contributed by atoms with Crippen LogP contribution in [0.25, 0.3) is 0 Å². The van der Waals surface area contributed by atoms with E-state index in [1.54, 1.807) is 31.4 Å². The first-order chi connectivity index (χ1) is 13.4. The maximum absolute atomic E-state index is 13.6. The van der Waals surface area contributed by atoms with Gasteiger partial charge in [-0.05, 0) is 41.8 Å². The number of Topliss-reactive ketones (excluding diaryl/α,β-unsaturated/α-hetero) is 1. The van der Waals surface area contributed by atoms with Crippen LogP contribution in [-0.2, 0) is 19.9 Å². The number of carbonyl (C=O) groups excluding carboxylic acids is 1. The van der Waals surface area contributed by atoms with E-state index in [1.165, 1.54) is 29.0 Å². The third-order valence-corrected chi connectivity index (χ3v) is 4.25. The molecule has 28 heavy (non-hydrogen) atoms. The molecule has 0 saturated carbocycles. The second-order valence-corrected chi connectivity index (χ2v) is 6.35. The summed E-state index contributed by atoms with van der Waals surface area (Å²) < 4.78 is 28.3. The van der Waals surface area contributed by atoms with Gasteiger partial charge >= 0.3 is 0 Å². The molecule has 140 valence electrons. The van der Waals surface area contributed by atoms with Crippen molar-refractivity contribution in [3.8, 4) is 6.07 Å². The second kappa shape index (κ2) is 7.92. The van der Waals surface area contributed by atoms with Crippen molar-refractivity contribution in [2.24, 2.45) is 7.05 Å². The Bertz CT molecular complexity index is 1150. The Morgan fingerprint density at radius 2 is 1.96 bits per heavy atom. The Morgan fingerprint density at radius 3 is 2.61 bits per heavy atom. The first-order valence-electron chi connectivity index (χ1n) is 8.39. The van der Waals surface area contributed by atoms with Crippen LogP contribution in [0, 0.1) is 23.0 Å². The molecule has 2 aromatic heterocycles. The number of hydrogen-bond donors (Lipinski definition) is 0. The van der Waals surface area contributed by atoms with Crippen molar-refractivity contribution in [2.75, 3.05) is 0 Å². The number of nitriles is 1. The fourth-order valence-electron chi connectivity index (χ4n) is 2.75. The third-order valence-electron chi connectivity index (χ3n) is 4.25. The van der Waals surface area contributed by atoms with Crippen molar-refractivity contribution in [3.63, 3.8) is 0 Å². The van der Waals surface area contributed by atoms with Gasteiger partial charge in [-0.1, -0.05) is 6.07 Å². The van der Waals surface area contributed by atoms with Crippen LogP contribution in [0.3, 0.4) is 0 Å². The number of rotatable bonds is 5. The fourth-order valence-corrected chi connectivity index (χ4v) is 2.75. The van der Waals surface area contributed by atoms with E-state index in [9.17, 15) is 18.4 Å². The molecule has 1 aromatic carbocycles. The standard InChI is InChI=1S/C21H15F2N3O2/c1-26-12-15(3-5-20(26)28)19(27)9-17-4-2-13(11-25-17)6-14-7-16(10-24)21(23)18(22)8-14/h2-5,7-8,11-12H,6,9H2,1H3. The van der Waals surface area contributed by atoms with Crippen LogP contribution in [0.5, 0.6) is 0 Å². The lowest BCUT2D eigenvalue weighted by molar-refractivity contribution is 0.0991. The summed E-state index contributed by atoms with van der Waals surface area (Å²) in [6, 6.07) is 10.2. The van der Waals surface area contributed by atoms with Crippen LogP contribution in [0.2, 0.25) is 0 Å². The van der Waals surface area contributed by atoms with E-state index < -0.39 is 11.6 Å². The number of aryl methyl sites for hydroxylation is 1. The highest BCUT2D eigenvalue weighted by molar-refractivity contribution is 5.97. The van der Waals surface area contributed by atoms with Crippen molar-refractivity contribution >= 4 is 5.78 Å². The lowest BCUT2D eigenvalue weighted by Gasteiger charge is -2.06. The first kappa shape index (κ1) is 19.1. The number of aromatic nitrogens is 2. The van der Waals surface area contributed by atoms with Crippen molar-refractivity contribution in [2.45, 2.75) is 12.8 Å². The van der Waals surface area contributed by atoms with Gasteiger partial charge < -0.3 is 4.57 Å². The molecule has 3 rings (SSSR count). The normalized spacial score (nSPS) is 10.5. The number of nitrogens with zero attached hydrogens (tertiary/aromatic N) is 3. The zero-order valence-electron chi connectivity index (χ0n) is 14.9. The van der Waals surface area contributed by atoms with E-state index in [-0.39, 0.29) is 29.7 Å². The molecule has 0 spiro atoms. The molecule has 7 heteroatoms. The van der Waals surface area contributed by atoms with Gasteiger partial charge in [0.2, 0.25) is 5.56 Å². The molecule has 0 aliphatic rings. The van der Waals surface area contributed by atoms with E-state index in [4.69, 9.17) is 5.26 Å². The SMILES string of the molecule is Cn1cc(C(=O)Cc2ccc(Cc3cc(F)c(F)c(C#N)c3)cn2)ccc1=O. The Kier molecular flexibility index (Phi) is 5.41. The molecule has 0 bridgehead atoms. The average Bonchev–Trinajstić information content (AvgIpc) is 2.68. The molecule has 5 nitrogen and oxygen atoms in total. The van der Waals surface area contributed by atoms with Gasteiger partial charge in [-0.25, -0.2) is 8.78 Å². The second-order valence-electron chi connectivity index (χ2n) is 6.35. The van der Waals surface area contributed by atoms with Crippen LogP contribution in [-0.4, -0.2) is 15.3 Å². The van der Waals surface area contributed by atoms with E-state index in [2.05, 4.69) is 4.98 Å². The maximum Gasteiger partial charge on any atom is 0.250 e. The molecular weight excluding hydrogens is 364 g/mol. The molecule has 0 fully saturated rings. The van der Waals surface area contributed by atoms with Gasteiger partial charge in [0, 0.05) is 36.8 Å². The molecule has 0 amide bonds. The molecule has 0 aliphatic heterocycles. The van der Waals surface area contributed by atoms with Crippen molar-refractivity contribution < 1.29 is 13.6 Å². The maximum atomic E-state index is 13.6. The number of benzene rings is 1. The zero-order valence-corrected chi connectivity index (χ0v) is 14.9. The summed E-state index contributed by atoms with van der Waals surface area (Å²) in [6.45, 7) is 0. The van der Waals surface area contributed by atoms with Gasteiger partial charge in [-0.15, -0.1) is 0 Å². The molecule has 0 atom stereocenters. The summed E-state index contributed by atoms with van der Waals surface area (Å²) in [4.78, 5) is 28.0. The lowest BCUT2D eigenvalue weighted by atomic mass is 10.0. The highest BCUT2D eigenvalue weighted by Gasteiger charge is 2.12. The van der Waals surface area contributed by atoms with Gasteiger partial charge in [0.1, 0.15) is 6.07 Å². The fraction of sp³-hybridized carbons (Fsp3) is 0.143. The van der Waals surface area contributed by atoms with Gasteiger partial charge in [0.25, 0.3) is 0 Å². The number of pyridine rings is 2. The Labute approximate surface area is 159 Å². The number of carbonyl (C=O) groups is 1. The topological polar surface area (TPSA) is 75.8 Å². The summed E-state index contributed by atoms with van der Waals surface area (Å²) in [6.07, 6.45) is 3.38. The molecule has 0 radical (unpaired) electrons. The van der Waals surface area contributed by atoms with E-state index in [1.807, 2.05) is 0 Å². The minimum Gasteiger partial charge on any atom is -0.318 e. The quantitative estimate of drug-likeness (QED) is 0.639. The summed E-state index contributed by atoms with van der Waals surface area (Å²) in [5.74, 6) is -2.40. The van der Waals surface area contributed by atoms with Gasteiger partial charge in [0.05, 0.1) is 12.0 Å². The Morgan fingerprint density at radius 1 is 1.18 bits per heavy atom. The summed E-state index contributed by atoms with van der Waals surface area (Å²) in [5.41, 5.74) is 1.60. The van der Waals surface area contributed by atoms with Crippen LogP contribution < -0.4 is 5.56 Å². The van der Waals surface area contributed by atoms with E-state index in [0.29, 0.717) is 16.8 Å². The van der Waals surface area contributed by atoms with Crippen LogP contribution >= 0.6 is 0 Å². The summed E-state index contributed by atoms with van der Waals surface area (Å²) >= 11 is 0. The first-order valence-corrected chi connectivity index (χ1v) is 8.39. The summed E-state index contributed by atoms with van der Waals surface area (Å²) in [7, 11) is 1.57. The van der Waals surface area contributed by atoms with Gasteiger partial charge in [-0.3, -0.25) is 14.6 Å². The number of hydrogen-bond acceptors (Lipinski definition) is 4. The smallest absolute Gasteiger partial charge is 0.250 e. The molecule has 0 aliphatic carbocycles. The van der Waals surface area contributed by atoms with Crippen LogP contribution in [0.15, 0.2) is 53.6 Å². The minimum atomic E-state index is -1.16. The van der Waals surface area contributed by atoms with Crippen LogP contribution in [0.1, 0.15) is 32.7 Å². The van der Waals surface area contributed by atoms with Gasteiger partial charge in [-0.2, -0.15) is 5.26 Å². The van der Waals surface area contributed by atoms with E-state index >= 15 is 0 Å². The molecule has 0 saturated heterocycles. The highest BCUT2D eigenvalue weighted by atomic mass is 19.2. The average molecular weight is 379 g/mol. The Balaban J connectivity index is 1.72. The molecule has 2 heterocycles. The van der Waals surface area contributed by atoms with Crippen molar-refractivity contribution in [1.82, 2.24) is 9.55 Å². The third kappa shape index (κ3) is 4.18. The van der Waals surface area contributed by atoms with Crippen molar-refractivity contribution in [3.05, 3.63) is 98.7 Å². The van der Waals surface area contributed by atoms with E-state index in [0.717, 1.165) is 11.6 Å². The van der Waals surface area contributed by atoms with Crippen molar-refractivity contribution in [1.29, 1.82) is 5.26 Å². The zero-order chi connectivity index (χ0) is 20.3. The predicted octanol–water partition coefficient (Wildman–Crippen LogP) is 2.95. The molecule has 3 aromatic rings. The van der Waals surface area contributed by atoms with Gasteiger partial charge in [0.15, 0.2) is 17.4 Å². The molecule has 0 unspecified atom stereocenters. The Hall–Kier alpha value is -3.66. The largest absolute Gasteiger partial charge is 0.318 e. The number of ketones is 1. The molecular formula is C21H15F2N3O2. The minimum absolute atomic E-state index is 0.0717. The predicted molar refractivity (Wildman–Crippen MR) is 97.8 cm³/mol. The molecule has 0 N–H and O–H groups in total. The number of halogens is 2. The summed E-state index contributed by atoms with van der Waals surface area (Å²) in [5, 5.41) is 8.86. The lowest BCUT2D eigenvalue weighted by Crippen LogP contribution is -2.17. The highest BCUT2D eigenvalue weighted by Crippen LogP contribution is 2.17. The van der Waals surface area contributed by atoms with Crippen LogP contribution in [0.4, 0.5) is 8.78 Å².